The maximum Gasteiger partial charge on any atom is 0.411 e. The van der Waals surface area contributed by atoms with E-state index in [1.807, 2.05) is 0 Å². The molecule has 4 N–H and O–H groups in total. The number of benzene rings is 1. The third-order valence-corrected chi connectivity index (χ3v) is 10.1. The molecule has 51 heavy (non-hydrogen) atoms. The summed E-state index contributed by atoms with van der Waals surface area (Å²) in [7, 11) is 3.39. The van der Waals surface area contributed by atoms with Crippen LogP contribution < -0.4 is 5.32 Å². The van der Waals surface area contributed by atoms with Gasteiger partial charge in [0.2, 0.25) is 0 Å². The van der Waals surface area contributed by atoms with Gasteiger partial charge < -0.3 is 44.0 Å². The summed E-state index contributed by atoms with van der Waals surface area (Å²) in [5.41, 5.74) is 1.18. The van der Waals surface area contributed by atoms with Crippen LogP contribution in [0, 0.1) is 23.7 Å². The lowest BCUT2D eigenvalue weighted by molar-refractivity contribution is -0.302. The summed E-state index contributed by atoms with van der Waals surface area (Å²) in [6, 6.07) is 6.19. The SMILES string of the molecule is CC[C@H]1OC(=O)C[C@@H](O)[C@H](C)[C@@H](O[C@@H]2O[C@H](C)[C@@H](O)[C@H](N(C)C)[C@H]2O)C(C=O)C[C@@H](C)C(=O)/C=C\C(C)=C\[C@@H]1COC(=O)Nc1ccc(Br)cc1. The van der Waals surface area contributed by atoms with Crippen LogP contribution in [0.3, 0.4) is 0 Å². The fraction of sp³-hybridized carbons (Fsp3) is 0.622. The number of ketones is 1. The van der Waals surface area contributed by atoms with Crippen LogP contribution in [0.2, 0.25) is 0 Å². The zero-order valence-electron chi connectivity index (χ0n) is 30.3. The van der Waals surface area contributed by atoms with Crippen LogP contribution in [0.15, 0.2) is 52.5 Å². The number of amides is 1. The van der Waals surface area contributed by atoms with Crippen molar-refractivity contribution in [1.29, 1.82) is 0 Å². The molecule has 3 rings (SSSR count). The summed E-state index contributed by atoms with van der Waals surface area (Å²) >= 11 is 3.35. The third kappa shape index (κ3) is 12.0. The summed E-state index contributed by atoms with van der Waals surface area (Å²) < 4.78 is 24.3. The zero-order chi connectivity index (χ0) is 38.0. The highest BCUT2D eigenvalue weighted by Crippen LogP contribution is 2.32. The number of aliphatic hydroxyl groups excluding tert-OH is 3. The molecule has 2 heterocycles. The average Bonchev–Trinajstić information content (AvgIpc) is 3.08. The van der Waals surface area contributed by atoms with E-state index in [1.54, 1.807) is 90.0 Å². The maximum absolute atomic E-state index is 13.3. The molecule has 13 nitrogen and oxygen atoms in total. The minimum Gasteiger partial charge on any atom is -0.462 e. The van der Waals surface area contributed by atoms with Gasteiger partial charge in [-0.15, -0.1) is 0 Å². The van der Waals surface area contributed by atoms with E-state index in [0.29, 0.717) is 24.0 Å². The number of allylic oxidation sites excluding steroid dienone is 3. The van der Waals surface area contributed by atoms with Gasteiger partial charge in [0.25, 0.3) is 0 Å². The van der Waals surface area contributed by atoms with Crippen molar-refractivity contribution in [3.05, 3.63) is 52.5 Å². The van der Waals surface area contributed by atoms with Crippen LogP contribution >= 0.6 is 15.9 Å². The van der Waals surface area contributed by atoms with Gasteiger partial charge in [-0.1, -0.05) is 54.4 Å². The molecule has 12 atom stereocenters. The number of nitrogens with one attached hydrogen (secondary N) is 1. The number of likely N-dealkylation sites (N-methyl/N-ethyl adjacent to an activating group) is 1. The second-order valence-corrected chi connectivity index (χ2v) is 14.7. The molecule has 284 valence electrons. The fourth-order valence-corrected chi connectivity index (χ4v) is 6.72. The van der Waals surface area contributed by atoms with Gasteiger partial charge in [-0.2, -0.15) is 0 Å². The van der Waals surface area contributed by atoms with Gasteiger partial charge in [-0.25, -0.2) is 4.79 Å². The lowest BCUT2D eigenvalue weighted by Gasteiger charge is -2.46. The maximum atomic E-state index is 13.3. The van der Waals surface area contributed by atoms with Gasteiger partial charge in [0.15, 0.2) is 12.1 Å². The van der Waals surface area contributed by atoms with E-state index >= 15 is 0 Å². The number of anilines is 1. The predicted octanol–water partition coefficient (Wildman–Crippen LogP) is 4.03. The van der Waals surface area contributed by atoms with Crippen molar-refractivity contribution in [2.45, 2.75) is 103 Å². The van der Waals surface area contributed by atoms with E-state index in [-0.39, 0.29) is 18.8 Å². The Morgan fingerprint density at radius 1 is 1.08 bits per heavy atom. The molecule has 1 saturated heterocycles. The molecule has 0 spiro atoms. The number of aliphatic hydroxyl groups is 3. The number of aldehydes is 1. The normalized spacial score (nSPS) is 36.0. The van der Waals surface area contributed by atoms with Crippen LogP contribution in [0.1, 0.15) is 53.9 Å². The number of carbonyl (C=O) groups is 4. The molecule has 1 fully saturated rings. The Bertz CT molecular complexity index is 1390. The lowest BCUT2D eigenvalue weighted by Crippen LogP contribution is -2.63. The van der Waals surface area contributed by atoms with Crippen molar-refractivity contribution >= 4 is 45.7 Å². The Morgan fingerprint density at radius 2 is 1.75 bits per heavy atom. The number of hydrogen-bond donors (Lipinski definition) is 4. The van der Waals surface area contributed by atoms with Crippen molar-refractivity contribution in [3.8, 4) is 0 Å². The molecule has 1 unspecified atom stereocenters. The Balaban J connectivity index is 1.90. The Kier molecular flexibility index (Phi) is 16.4. The first-order chi connectivity index (χ1) is 24.1. The number of ether oxygens (including phenoxy) is 4. The highest BCUT2D eigenvalue weighted by Gasteiger charge is 2.47. The first-order valence-electron chi connectivity index (χ1n) is 17.3. The van der Waals surface area contributed by atoms with Crippen molar-refractivity contribution in [3.63, 3.8) is 0 Å². The Hall–Kier alpha value is -2.98. The molecule has 0 saturated carbocycles. The quantitative estimate of drug-likeness (QED) is 0.220. The highest BCUT2D eigenvalue weighted by molar-refractivity contribution is 9.10. The standard InChI is InChI=1S/C37H53BrN2O11/c1-8-30-25(19-48-37(47)39-27-12-10-26(38)11-13-27)15-20(2)9-14-28(42)21(3)16-24(18-41)35(22(4)29(43)17-31(44)50-30)51-36-34(46)32(40(6)7)33(45)23(5)49-36/h9-15,18,21-25,29-30,32-36,43,45-46H,8,16-17,19H2,1-7H3,(H,39,47)/b14-9-,20-15+/t21-,22+,23-,24?,25-,29-,30-,32+,33-,34-,35-,36+/m1/s1. The topological polar surface area (TPSA) is 181 Å². The summed E-state index contributed by atoms with van der Waals surface area (Å²) in [4.78, 5) is 53.5. The van der Waals surface area contributed by atoms with Crippen molar-refractivity contribution in [1.82, 2.24) is 4.90 Å². The minimum absolute atomic E-state index is 0.0432. The second kappa shape index (κ2) is 19.7. The molecule has 1 aromatic carbocycles. The molecule has 2 aliphatic rings. The van der Waals surface area contributed by atoms with Crippen LogP contribution in [0.4, 0.5) is 10.5 Å². The molecule has 0 bridgehead atoms. The van der Waals surface area contributed by atoms with E-state index in [9.17, 15) is 34.5 Å². The Morgan fingerprint density at radius 3 is 2.35 bits per heavy atom. The molecular formula is C37H53BrN2O11. The van der Waals surface area contributed by atoms with E-state index in [0.717, 1.165) is 4.47 Å². The number of hydrogen-bond acceptors (Lipinski definition) is 12. The molecule has 2 aliphatic heterocycles. The number of rotatable bonds is 8. The number of esters is 1. The fourth-order valence-electron chi connectivity index (χ4n) is 6.46. The molecule has 0 aromatic heterocycles. The van der Waals surface area contributed by atoms with Crippen LogP contribution in [-0.4, -0.2) is 114 Å². The van der Waals surface area contributed by atoms with Crippen molar-refractivity contribution < 1.29 is 53.4 Å². The first kappa shape index (κ1) is 42.4. The summed E-state index contributed by atoms with van der Waals surface area (Å²) in [5.74, 6) is -4.04. The zero-order valence-corrected chi connectivity index (χ0v) is 31.9. The predicted molar refractivity (Wildman–Crippen MR) is 192 cm³/mol. The Labute approximate surface area is 308 Å². The minimum atomic E-state index is -1.36. The molecule has 0 aliphatic carbocycles. The molecule has 0 radical (unpaired) electrons. The average molecular weight is 782 g/mol. The monoisotopic (exact) mass is 780 g/mol. The van der Waals surface area contributed by atoms with Crippen molar-refractivity contribution in [2.75, 3.05) is 26.0 Å². The number of halogens is 1. The van der Waals surface area contributed by atoms with E-state index < -0.39 is 91.1 Å². The van der Waals surface area contributed by atoms with Gasteiger partial charge in [-0.05, 0) is 71.1 Å². The van der Waals surface area contributed by atoms with E-state index in [2.05, 4.69) is 21.2 Å². The van der Waals surface area contributed by atoms with E-state index in [1.165, 1.54) is 6.08 Å². The van der Waals surface area contributed by atoms with Gasteiger partial charge in [0.1, 0.15) is 25.1 Å². The molecule has 14 heteroatoms. The number of carbonyl (C=O) groups excluding carboxylic acids is 4. The van der Waals surface area contributed by atoms with Crippen LogP contribution in [0.5, 0.6) is 0 Å². The van der Waals surface area contributed by atoms with Crippen LogP contribution in [-0.2, 0) is 33.3 Å². The van der Waals surface area contributed by atoms with Gasteiger partial charge >= 0.3 is 12.1 Å². The summed E-state index contributed by atoms with van der Waals surface area (Å²) in [6.07, 6.45) is -2.95. The van der Waals surface area contributed by atoms with Gasteiger partial charge in [-0.3, -0.25) is 14.9 Å². The number of cyclic esters (lactones) is 1. The van der Waals surface area contributed by atoms with Gasteiger partial charge in [0.05, 0.1) is 36.9 Å². The highest BCUT2D eigenvalue weighted by atomic mass is 79.9. The van der Waals surface area contributed by atoms with Gasteiger partial charge in [0, 0.05) is 33.8 Å². The summed E-state index contributed by atoms with van der Waals surface area (Å²) in [6.45, 7) is 8.34. The van der Waals surface area contributed by atoms with E-state index in [4.69, 9.17) is 18.9 Å². The summed E-state index contributed by atoms with van der Waals surface area (Å²) in [5, 5.41) is 35.9. The second-order valence-electron chi connectivity index (χ2n) is 13.8. The van der Waals surface area contributed by atoms with Crippen LogP contribution in [0.25, 0.3) is 0 Å². The molecule has 1 aromatic rings. The molecular weight excluding hydrogens is 728 g/mol. The third-order valence-electron chi connectivity index (χ3n) is 9.55. The molecule has 1 amide bonds. The number of nitrogens with zero attached hydrogens (tertiary/aromatic N) is 1. The smallest absolute Gasteiger partial charge is 0.411 e. The largest absolute Gasteiger partial charge is 0.462 e. The lowest BCUT2D eigenvalue weighted by atomic mass is 9.81. The van der Waals surface area contributed by atoms with Crippen molar-refractivity contribution in [2.24, 2.45) is 23.7 Å². The first-order valence-corrected chi connectivity index (χ1v) is 18.1.